The van der Waals surface area contributed by atoms with Gasteiger partial charge in [0.15, 0.2) is 0 Å². The predicted octanol–water partition coefficient (Wildman–Crippen LogP) is 2.99. The van der Waals surface area contributed by atoms with E-state index in [1.54, 1.807) is 18.3 Å². The molecule has 6 heteroatoms. The normalized spacial score (nSPS) is 11.9. The first kappa shape index (κ1) is 15.2. The van der Waals surface area contributed by atoms with E-state index in [1.165, 1.54) is 11.3 Å². The first-order valence-electron chi connectivity index (χ1n) is 7.14. The van der Waals surface area contributed by atoms with Crippen LogP contribution in [0.25, 0.3) is 10.6 Å². The molecule has 0 aliphatic heterocycles. The average molecular weight is 325 g/mol. The van der Waals surface area contributed by atoms with Crippen LogP contribution in [0.3, 0.4) is 0 Å². The van der Waals surface area contributed by atoms with Gasteiger partial charge in [0, 0.05) is 6.20 Å². The Morgan fingerprint density at radius 1 is 1.22 bits per heavy atom. The summed E-state index contributed by atoms with van der Waals surface area (Å²) in [6.07, 6.45) is 1.67. The van der Waals surface area contributed by atoms with Crippen molar-refractivity contribution in [3.05, 3.63) is 75.7 Å². The number of rotatable bonds is 4. The summed E-state index contributed by atoms with van der Waals surface area (Å²) in [6.45, 7) is 1.83. The number of nitrogens with zero attached hydrogens (tertiary/aromatic N) is 1. The van der Waals surface area contributed by atoms with Crippen LogP contribution in [0.15, 0.2) is 58.8 Å². The van der Waals surface area contributed by atoms with Crippen LogP contribution in [-0.2, 0) is 0 Å². The second-order valence-corrected chi connectivity index (χ2v) is 5.99. The molecule has 3 heterocycles. The van der Waals surface area contributed by atoms with Crippen molar-refractivity contribution >= 4 is 17.2 Å². The fraction of sp³-hybridized carbons (Fsp3) is 0.118. The van der Waals surface area contributed by atoms with Gasteiger partial charge in [0.2, 0.25) is 0 Å². The molecule has 0 saturated carbocycles. The third-order valence-electron chi connectivity index (χ3n) is 3.42. The molecule has 3 aromatic heterocycles. The van der Waals surface area contributed by atoms with Crippen LogP contribution in [-0.4, -0.2) is 15.9 Å². The Hall–Kier alpha value is -2.73. The molecule has 0 spiro atoms. The number of carbonyl (C=O) groups is 1. The number of hydrogen-bond acceptors (Lipinski definition) is 4. The maximum atomic E-state index is 12.3. The van der Waals surface area contributed by atoms with Crippen molar-refractivity contribution < 1.29 is 4.79 Å². The fourth-order valence-corrected chi connectivity index (χ4v) is 2.92. The van der Waals surface area contributed by atoms with E-state index in [-0.39, 0.29) is 11.6 Å². The lowest BCUT2D eigenvalue weighted by molar-refractivity contribution is 0.0937. The van der Waals surface area contributed by atoms with Crippen molar-refractivity contribution in [2.75, 3.05) is 0 Å². The van der Waals surface area contributed by atoms with Gasteiger partial charge in [-0.1, -0.05) is 12.1 Å². The lowest BCUT2D eigenvalue weighted by Crippen LogP contribution is -2.31. The number of H-pyrrole nitrogens is 1. The Morgan fingerprint density at radius 3 is 2.74 bits per heavy atom. The molecule has 116 valence electrons. The molecule has 1 atom stereocenters. The van der Waals surface area contributed by atoms with Gasteiger partial charge in [-0.25, -0.2) is 0 Å². The quantitative estimate of drug-likeness (QED) is 0.774. The minimum Gasteiger partial charge on any atom is -0.344 e. The minimum atomic E-state index is -0.415. The zero-order valence-corrected chi connectivity index (χ0v) is 13.3. The highest BCUT2D eigenvalue weighted by atomic mass is 32.1. The summed E-state index contributed by atoms with van der Waals surface area (Å²) in [5.74, 6) is -0.415. The van der Waals surface area contributed by atoms with E-state index in [4.69, 9.17) is 0 Å². The highest BCUT2D eigenvalue weighted by Crippen LogP contribution is 2.21. The number of pyridine rings is 2. The monoisotopic (exact) mass is 325 g/mol. The number of aromatic amines is 1. The van der Waals surface area contributed by atoms with Crippen LogP contribution < -0.4 is 10.9 Å². The van der Waals surface area contributed by atoms with Crippen molar-refractivity contribution in [1.82, 2.24) is 15.3 Å². The molecular formula is C17H15N3O2S. The summed E-state index contributed by atoms with van der Waals surface area (Å²) in [4.78, 5) is 32.4. The van der Waals surface area contributed by atoms with Gasteiger partial charge in [0.05, 0.1) is 22.3 Å². The second-order valence-electron chi connectivity index (χ2n) is 5.04. The number of aromatic nitrogens is 2. The molecule has 0 unspecified atom stereocenters. The van der Waals surface area contributed by atoms with Gasteiger partial charge in [0.1, 0.15) is 5.56 Å². The number of nitrogens with one attached hydrogen (secondary N) is 2. The molecular weight excluding hydrogens is 310 g/mol. The number of amides is 1. The molecule has 5 nitrogen and oxygen atoms in total. The standard InChI is InChI=1S/C17H15N3O2S/c1-11(13-5-2-3-9-18-13)19-16(21)12-7-8-14(20-17(12)22)15-6-4-10-23-15/h2-11H,1H3,(H,19,21)(H,20,22)/t11-/m0/s1. The second kappa shape index (κ2) is 6.58. The highest BCUT2D eigenvalue weighted by molar-refractivity contribution is 7.13. The summed E-state index contributed by atoms with van der Waals surface area (Å²) in [7, 11) is 0. The summed E-state index contributed by atoms with van der Waals surface area (Å²) < 4.78 is 0. The van der Waals surface area contributed by atoms with Crippen molar-refractivity contribution in [3.8, 4) is 10.6 Å². The Balaban J connectivity index is 1.79. The largest absolute Gasteiger partial charge is 0.344 e. The first-order valence-corrected chi connectivity index (χ1v) is 8.02. The Bertz CT molecular complexity index is 857. The van der Waals surface area contributed by atoms with Crippen molar-refractivity contribution in [2.24, 2.45) is 0 Å². The highest BCUT2D eigenvalue weighted by Gasteiger charge is 2.15. The first-order chi connectivity index (χ1) is 11.1. The van der Waals surface area contributed by atoms with Crippen LogP contribution in [0, 0.1) is 0 Å². The van der Waals surface area contributed by atoms with Gasteiger partial charge in [-0.3, -0.25) is 14.6 Å². The molecule has 0 bridgehead atoms. The van der Waals surface area contributed by atoms with Crippen LogP contribution in [0.4, 0.5) is 0 Å². The summed E-state index contributed by atoms with van der Waals surface area (Å²) in [5, 5.41) is 4.72. The van der Waals surface area contributed by atoms with Crippen LogP contribution >= 0.6 is 11.3 Å². The molecule has 2 N–H and O–H groups in total. The van der Waals surface area contributed by atoms with Gasteiger partial charge >= 0.3 is 0 Å². The van der Waals surface area contributed by atoms with Crippen molar-refractivity contribution in [2.45, 2.75) is 13.0 Å². The van der Waals surface area contributed by atoms with Gasteiger partial charge in [-0.05, 0) is 42.6 Å². The maximum Gasteiger partial charge on any atom is 0.261 e. The predicted molar refractivity (Wildman–Crippen MR) is 90.5 cm³/mol. The SMILES string of the molecule is C[C@H](NC(=O)c1ccc(-c2cccs2)[nH]c1=O)c1ccccn1. The van der Waals surface area contributed by atoms with E-state index in [1.807, 2.05) is 42.6 Å². The Morgan fingerprint density at radius 2 is 2.09 bits per heavy atom. The van der Waals surface area contributed by atoms with Crippen LogP contribution in [0.2, 0.25) is 0 Å². The summed E-state index contributed by atoms with van der Waals surface area (Å²) >= 11 is 1.53. The van der Waals surface area contributed by atoms with E-state index >= 15 is 0 Å². The summed E-state index contributed by atoms with van der Waals surface area (Å²) in [6, 6.07) is 12.3. The zero-order valence-electron chi connectivity index (χ0n) is 12.4. The topological polar surface area (TPSA) is 74.8 Å². The van der Waals surface area contributed by atoms with Gasteiger partial charge in [-0.2, -0.15) is 0 Å². The van der Waals surface area contributed by atoms with E-state index in [9.17, 15) is 9.59 Å². The van der Waals surface area contributed by atoms with Crippen molar-refractivity contribution in [3.63, 3.8) is 0 Å². The number of carbonyl (C=O) groups excluding carboxylic acids is 1. The summed E-state index contributed by atoms with van der Waals surface area (Å²) in [5.41, 5.74) is 1.14. The molecule has 0 fully saturated rings. The fourth-order valence-electron chi connectivity index (χ4n) is 2.21. The van der Waals surface area contributed by atoms with E-state index in [2.05, 4.69) is 15.3 Å². The van der Waals surface area contributed by atoms with E-state index < -0.39 is 11.5 Å². The smallest absolute Gasteiger partial charge is 0.261 e. The van der Waals surface area contributed by atoms with E-state index in [0.29, 0.717) is 5.69 Å². The molecule has 0 radical (unpaired) electrons. The Kier molecular flexibility index (Phi) is 4.34. The molecule has 3 aromatic rings. The molecule has 0 aliphatic carbocycles. The van der Waals surface area contributed by atoms with Gasteiger partial charge in [0.25, 0.3) is 11.5 Å². The minimum absolute atomic E-state index is 0.0908. The van der Waals surface area contributed by atoms with E-state index in [0.717, 1.165) is 10.6 Å². The average Bonchev–Trinajstić information content (AvgIpc) is 3.10. The van der Waals surface area contributed by atoms with Gasteiger partial charge < -0.3 is 10.3 Å². The third kappa shape index (κ3) is 3.37. The van der Waals surface area contributed by atoms with Crippen LogP contribution in [0.5, 0.6) is 0 Å². The molecule has 3 rings (SSSR count). The number of hydrogen-bond donors (Lipinski definition) is 2. The molecule has 23 heavy (non-hydrogen) atoms. The molecule has 1 amide bonds. The maximum absolute atomic E-state index is 12.3. The molecule has 0 aromatic carbocycles. The lowest BCUT2D eigenvalue weighted by atomic mass is 10.1. The molecule has 0 aliphatic rings. The lowest BCUT2D eigenvalue weighted by Gasteiger charge is -2.13. The van der Waals surface area contributed by atoms with Gasteiger partial charge in [-0.15, -0.1) is 11.3 Å². The Labute approximate surface area is 137 Å². The zero-order chi connectivity index (χ0) is 16.2. The third-order valence-corrected chi connectivity index (χ3v) is 4.32. The molecule has 0 saturated heterocycles. The van der Waals surface area contributed by atoms with Crippen molar-refractivity contribution in [1.29, 1.82) is 0 Å². The number of thiophene rings is 1. The van der Waals surface area contributed by atoms with Crippen LogP contribution in [0.1, 0.15) is 29.0 Å².